The molecule has 1 fully saturated rings. The number of rotatable bonds is 2. The number of hydrogen-bond acceptors (Lipinski definition) is 3. The number of likely N-dealkylation sites (tertiary alicyclic amines) is 1. The summed E-state index contributed by atoms with van der Waals surface area (Å²) in [6.45, 7) is 4.15. The second kappa shape index (κ2) is 5.89. The predicted molar refractivity (Wildman–Crippen MR) is 76.3 cm³/mol. The summed E-state index contributed by atoms with van der Waals surface area (Å²) in [5.41, 5.74) is 7.06. The minimum Gasteiger partial charge on any atom is -0.320 e. The smallest absolute Gasteiger partial charge is 0.233 e. The zero-order chi connectivity index (χ0) is 14.7. The van der Waals surface area contributed by atoms with Gasteiger partial charge in [0.15, 0.2) is 0 Å². The van der Waals surface area contributed by atoms with Crippen molar-refractivity contribution in [2.75, 3.05) is 6.54 Å². The molecule has 0 radical (unpaired) electrons. The first-order valence-corrected chi connectivity index (χ1v) is 6.68. The van der Waals surface area contributed by atoms with E-state index >= 15 is 0 Å². The lowest BCUT2D eigenvalue weighted by molar-refractivity contribution is -0.140. The van der Waals surface area contributed by atoms with Crippen LogP contribution in [0.5, 0.6) is 0 Å². The molecule has 2 N–H and O–H groups in total. The Hall–Kier alpha value is -2.12. The van der Waals surface area contributed by atoms with Gasteiger partial charge in [0.05, 0.1) is 13.1 Å². The predicted octanol–water partition coefficient (Wildman–Crippen LogP) is 1.14. The van der Waals surface area contributed by atoms with Gasteiger partial charge in [-0.2, -0.15) is 0 Å². The van der Waals surface area contributed by atoms with Crippen molar-refractivity contribution in [2.24, 2.45) is 17.6 Å². The fourth-order valence-electron chi connectivity index (χ4n) is 2.28. The van der Waals surface area contributed by atoms with E-state index in [-0.39, 0.29) is 36.7 Å². The van der Waals surface area contributed by atoms with Crippen LogP contribution in [0.15, 0.2) is 24.3 Å². The van der Waals surface area contributed by atoms with Gasteiger partial charge in [0.25, 0.3) is 0 Å². The molecule has 0 saturated carbocycles. The van der Waals surface area contributed by atoms with Crippen LogP contribution in [0.1, 0.15) is 25.0 Å². The Morgan fingerprint density at radius 2 is 1.75 bits per heavy atom. The van der Waals surface area contributed by atoms with Gasteiger partial charge in [0, 0.05) is 17.4 Å². The molecule has 1 saturated heterocycles. The number of imide groups is 1. The van der Waals surface area contributed by atoms with Gasteiger partial charge in [-0.1, -0.05) is 43.9 Å². The highest BCUT2D eigenvalue weighted by Crippen LogP contribution is 2.27. The van der Waals surface area contributed by atoms with Gasteiger partial charge in [0.2, 0.25) is 11.8 Å². The third-order valence-electron chi connectivity index (χ3n) is 3.73. The number of nitrogens with zero attached hydrogens (tertiary/aromatic N) is 1. The lowest BCUT2D eigenvalue weighted by Gasteiger charge is -2.15. The number of carbonyl (C=O) groups is 2. The first kappa shape index (κ1) is 14.3. The largest absolute Gasteiger partial charge is 0.320 e. The Kier molecular flexibility index (Phi) is 4.21. The van der Waals surface area contributed by atoms with Crippen molar-refractivity contribution in [3.63, 3.8) is 0 Å². The van der Waals surface area contributed by atoms with Crippen molar-refractivity contribution in [1.29, 1.82) is 0 Å². The maximum absolute atomic E-state index is 12.1. The second-order valence-corrected chi connectivity index (χ2v) is 5.00. The zero-order valence-electron chi connectivity index (χ0n) is 11.7. The molecule has 1 aliphatic heterocycles. The standard InChI is InChI=1S/C16H18N2O2/c1-11-12(2)16(20)18(15(11)19)10-14-7-4-3-6-13(14)8-5-9-17/h3-4,6-7,11-12H,9-10,17H2,1-2H3. The van der Waals surface area contributed by atoms with E-state index in [2.05, 4.69) is 11.8 Å². The van der Waals surface area contributed by atoms with Crippen LogP contribution in [-0.4, -0.2) is 23.3 Å². The van der Waals surface area contributed by atoms with Crippen molar-refractivity contribution in [3.8, 4) is 11.8 Å². The summed E-state index contributed by atoms with van der Waals surface area (Å²) in [4.78, 5) is 25.5. The molecule has 4 heteroatoms. The van der Waals surface area contributed by atoms with Gasteiger partial charge in [-0.3, -0.25) is 14.5 Å². The van der Waals surface area contributed by atoms with Crippen molar-refractivity contribution >= 4 is 11.8 Å². The highest BCUT2D eigenvalue weighted by atomic mass is 16.2. The molecule has 0 spiro atoms. The third kappa shape index (κ3) is 2.59. The summed E-state index contributed by atoms with van der Waals surface area (Å²) in [5.74, 6) is 5.07. The summed E-state index contributed by atoms with van der Waals surface area (Å²) < 4.78 is 0. The van der Waals surface area contributed by atoms with Crippen LogP contribution in [0.25, 0.3) is 0 Å². The zero-order valence-corrected chi connectivity index (χ0v) is 11.7. The minimum absolute atomic E-state index is 0.107. The van der Waals surface area contributed by atoms with Crippen molar-refractivity contribution in [1.82, 2.24) is 4.90 Å². The first-order valence-electron chi connectivity index (χ1n) is 6.68. The number of hydrogen-bond donors (Lipinski definition) is 1. The SMILES string of the molecule is CC1C(=O)N(Cc2ccccc2C#CCN)C(=O)C1C. The lowest BCUT2D eigenvalue weighted by atomic mass is 10.00. The highest BCUT2D eigenvalue weighted by Gasteiger charge is 2.42. The maximum atomic E-state index is 12.1. The topological polar surface area (TPSA) is 63.4 Å². The number of carbonyl (C=O) groups excluding carboxylic acids is 2. The summed E-state index contributed by atoms with van der Waals surface area (Å²) in [6, 6.07) is 7.51. The summed E-state index contributed by atoms with van der Waals surface area (Å²) in [7, 11) is 0. The highest BCUT2D eigenvalue weighted by molar-refractivity contribution is 6.04. The fraction of sp³-hybridized carbons (Fsp3) is 0.375. The van der Waals surface area contributed by atoms with Gasteiger partial charge in [0.1, 0.15) is 0 Å². The number of benzene rings is 1. The van der Waals surface area contributed by atoms with E-state index in [9.17, 15) is 9.59 Å². The molecule has 2 amide bonds. The van der Waals surface area contributed by atoms with Crippen molar-refractivity contribution in [3.05, 3.63) is 35.4 Å². The fourth-order valence-corrected chi connectivity index (χ4v) is 2.28. The van der Waals surface area contributed by atoms with Gasteiger partial charge < -0.3 is 5.73 Å². The Balaban J connectivity index is 2.27. The molecule has 104 valence electrons. The van der Waals surface area contributed by atoms with Crippen LogP contribution in [0.4, 0.5) is 0 Å². The van der Waals surface area contributed by atoms with E-state index in [0.29, 0.717) is 0 Å². The molecule has 20 heavy (non-hydrogen) atoms. The van der Waals surface area contributed by atoms with Gasteiger partial charge >= 0.3 is 0 Å². The summed E-state index contributed by atoms with van der Waals surface area (Å²) in [5, 5.41) is 0. The molecule has 4 nitrogen and oxygen atoms in total. The van der Waals surface area contributed by atoms with E-state index in [4.69, 9.17) is 5.73 Å². The molecule has 1 heterocycles. The number of amides is 2. The molecular weight excluding hydrogens is 252 g/mol. The molecule has 0 aliphatic carbocycles. The van der Waals surface area contributed by atoms with Crippen LogP contribution in [-0.2, 0) is 16.1 Å². The van der Waals surface area contributed by atoms with Crippen LogP contribution in [0, 0.1) is 23.7 Å². The first-order chi connectivity index (χ1) is 9.56. The lowest BCUT2D eigenvalue weighted by Crippen LogP contribution is -2.30. The maximum Gasteiger partial charge on any atom is 0.233 e. The monoisotopic (exact) mass is 270 g/mol. The average molecular weight is 270 g/mol. The summed E-state index contributed by atoms with van der Waals surface area (Å²) in [6.07, 6.45) is 0. The van der Waals surface area contributed by atoms with E-state index in [1.54, 1.807) is 13.8 Å². The van der Waals surface area contributed by atoms with Crippen LogP contribution < -0.4 is 5.73 Å². The molecule has 0 bridgehead atoms. The van der Waals surface area contributed by atoms with E-state index in [0.717, 1.165) is 11.1 Å². The Morgan fingerprint density at radius 1 is 1.15 bits per heavy atom. The third-order valence-corrected chi connectivity index (χ3v) is 3.73. The van der Waals surface area contributed by atoms with Crippen LogP contribution in [0.3, 0.4) is 0 Å². The van der Waals surface area contributed by atoms with Gasteiger partial charge in [-0.15, -0.1) is 0 Å². The molecule has 2 rings (SSSR count). The quantitative estimate of drug-likeness (QED) is 0.647. The molecule has 2 atom stereocenters. The Labute approximate surface area is 118 Å². The van der Waals surface area contributed by atoms with Crippen LogP contribution in [0.2, 0.25) is 0 Å². The molecule has 2 unspecified atom stereocenters. The molecular formula is C16H18N2O2. The normalized spacial score (nSPS) is 21.9. The van der Waals surface area contributed by atoms with Crippen molar-refractivity contribution < 1.29 is 9.59 Å². The van der Waals surface area contributed by atoms with Gasteiger partial charge in [-0.05, 0) is 11.6 Å². The molecule has 1 aromatic rings. The van der Waals surface area contributed by atoms with Crippen molar-refractivity contribution in [2.45, 2.75) is 20.4 Å². The average Bonchev–Trinajstić information content (AvgIpc) is 2.64. The van der Waals surface area contributed by atoms with Gasteiger partial charge in [-0.25, -0.2) is 0 Å². The number of nitrogens with two attached hydrogens (primary N) is 1. The Bertz CT molecular complexity index is 578. The van der Waals surface area contributed by atoms with E-state index in [1.807, 2.05) is 24.3 Å². The molecule has 0 aromatic heterocycles. The molecule has 1 aliphatic rings. The molecule has 1 aromatic carbocycles. The summed E-state index contributed by atoms with van der Waals surface area (Å²) >= 11 is 0. The Morgan fingerprint density at radius 3 is 2.35 bits per heavy atom. The van der Waals surface area contributed by atoms with E-state index in [1.165, 1.54) is 4.90 Å². The van der Waals surface area contributed by atoms with E-state index < -0.39 is 0 Å². The van der Waals surface area contributed by atoms with Crippen LogP contribution >= 0.6 is 0 Å². The second-order valence-electron chi connectivity index (χ2n) is 5.00. The minimum atomic E-state index is -0.246.